The van der Waals surface area contributed by atoms with Gasteiger partial charge in [0, 0.05) is 31.7 Å². The number of hydrogen-bond donors (Lipinski definition) is 2. The van der Waals surface area contributed by atoms with E-state index in [2.05, 4.69) is 10.6 Å². The fourth-order valence-corrected chi connectivity index (χ4v) is 1.82. The van der Waals surface area contributed by atoms with Gasteiger partial charge < -0.3 is 20.1 Å². The second-order valence-electron chi connectivity index (χ2n) is 4.79. The molecule has 0 aliphatic rings. The number of amides is 1. The number of hydrogen-bond acceptors (Lipinski definition) is 4. The average Bonchev–Trinajstić information content (AvgIpc) is 2.48. The lowest BCUT2D eigenvalue weighted by molar-refractivity contribution is -0.121. The van der Waals surface area contributed by atoms with E-state index >= 15 is 0 Å². The summed E-state index contributed by atoms with van der Waals surface area (Å²) in [6, 6.07) is 6.00. The average molecular weight is 294 g/mol. The Kier molecular flexibility index (Phi) is 8.47. The van der Waals surface area contributed by atoms with Crippen LogP contribution >= 0.6 is 0 Å². The van der Waals surface area contributed by atoms with Crippen LogP contribution in [-0.4, -0.2) is 39.3 Å². The van der Waals surface area contributed by atoms with Crippen LogP contribution in [0.4, 0.5) is 0 Å². The van der Waals surface area contributed by atoms with E-state index in [9.17, 15) is 4.79 Å². The van der Waals surface area contributed by atoms with Crippen LogP contribution in [0, 0.1) is 6.92 Å². The van der Waals surface area contributed by atoms with Crippen molar-refractivity contribution >= 4 is 5.91 Å². The first-order valence-electron chi connectivity index (χ1n) is 7.38. The van der Waals surface area contributed by atoms with Gasteiger partial charge in [0.05, 0.1) is 6.61 Å². The summed E-state index contributed by atoms with van der Waals surface area (Å²) in [4.78, 5) is 11.6. The Hall–Kier alpha value is -1.59. The van der Waals surface area contributed by atoms with Crippen LogP contribution in [0.25, 0.3) is 0 Å². The van der Waals surface area contributed by atoms with E-state index < -0.39 is 0 Å². The van der Waals surface area contributed by atoms with Crippen LogP contribution in [0.2, 0.25) is 0 Å². The lowest BCUT2D eigenvalue weighted by Gasteiger charge is -2.13. The van der Waals surface area contributed by atoms with Crippen LogP contribution < -0.4 is 15.4 Å². The lowest BCUT2D eigenvalue weighted by atomic mass is 10.1. The SMILES string of the molecule is CCOCCOc1cc(C)ccc1CNC(=O)CCNC. The molecule has 0 aromatic heterocycles. The molecule has 0 radical (unpaired) electrons. The van der Waals surface area contributed by atoms with Crippen LogP contribution in [0.15, 0.2) is 18.2 Å². The highest BCUT2D eigenvalue weighted by Crippen LogP contribution is 2.20. The van der Waals surface area contributed by atoms with E-state index in [1.54, 1.807) is 0 Å². The molecule has 118 valence electrons. The molecule has 1 rings (SSSR count). The third kappa shape index (κ3) is 7.11. The van der Waals surface area contributed by atoms with Crippen molar-refractivity contribution in [1.82, 2.24) is 10.6 Å². The van der Waals surface area contributed by atoms with Gasteiger partial charge in [-0.05, 0) is 32.5 Å². The molecule has 1 aromatic carbocycles. The van der Waals surface area contributed by atoms with Crippen molar-refractivity contribution in [3.8, 4) is 5.75 Å². The Bertz CT molecular complexity index is 436. The summed E-state index contributed by atoms with van der Waals surface area (Å²) in [6.45, 7) is 6.90. The summed E-state index contributed by atoms with van der Waals surface area (Å²) in [7, 11) is 1.83. The summed E-state index contributed by atoms with van der Waals surface area (Å²) in [5.41, 5.74) is 2.11. The van der Waals surface area contributed by atoms with Crippen molar-refractivity contribution in [1.29, 1.82) is 0 Å². The predicted molar refractivity (Wildman–Crippen MR) is 83.6 cm³/mol. The molecule has 0 saturated carbocycles. The van der Waals surface area contributed by atoms with Gasteiger partial charge in [0.2, 0.25) is 5.91 Å². The second-order valence-corrected chi connectivity index (χ2v) is 4.79. The molecule has 0 aliphatic heterocycles. The number of rotatable bonds is 10. The molecular formula is C16H26N2O3. The van der Waals surface area contributed by atoms with Crippen molar-refractivity contribution < 1.29 is 14.3 Å². The Balaban J connectivity index is 2.53. The van der Waals surface area contributed by atoms with E-state index in [1.807, 2.05) is 39.1 Å². The summed E-state index contributed by atoms with van der Waals surface area (Å²) in [6.07, 6.45) is 0.475. The molecule has 21 heavy (non-hydrogen) atoms. The Morgan fingerprint density at radius 2 is 2.10 bits per heavy atom. The molecule has 0 atom stereocenters. The first-order chi connectivity index (χ1) is 10.2. The molecule has 5 heteroatoms. The standard InChI is InChI=1S/C16H26N2O3/c1-4-20-9-10-21-15-11-13(2)5-6-14(15)12-18-16(19)7-8-17-3/h5-6,11,17H,4,7-10,12H2,1-3H3,(H,18,19). The van der Waals surface area contributed by atoms with E-state index in [-0.39, 0.29) is 5.91 Å². The Morgan fingerprint density at radius 3 is 2.81 bits per heavy atom. The van der Waals surface area contributed by atoms with Gasteiger partial charge in [0.25, 0.3) is 0 Å². The van der Waals surface area contributed by atoms with Crippen LogP contribution in [0.3, 0.4) is 0 Å². The number of aryl methyl sites for hydroxylation is 1. The predicted octanol–water partition coefficient (Wildman–Crippen LogP) is 1.64. The van der Waals surface area contributed by atoms with Gasteiger partial charge in [-0.25, -0.2) is 0 Å². The lowest BCUT2D eigenvalue weighted by Crippen LogP contribution is -2.26. The molecule has 0 aliphatic carbocycles. The molecule has 2 N–H and O–H groups in total. The van der Waals surface area contributed by atoms with E-state index in [0.717, 1.165) is 16.9 Å². The zero-order chi connectivity index (χ0) is 15.5. The van der Waals surface area contributed by atoms with E-state index in [4.69, 9.17) is 9.47 Å². The van der Waals surface area contributed by atoms with Crippen LogP contribution in [0.1, 0.15) is 24.5 Å². The quantitative estimate of drug-likeness (QED) is 0.644. The number of carbonyl (C=O) groups is 1. The van der Waals surface area contributed by atoms with Gasteiger partial charge in [-0.2, -0.15) is 0 Å². The van der Waals surface area contributed by atoms with Gasteiger partial charge >= 0.3 is 0 Å². The maximum atomic E-state index is 11.6. The van der Waals surface area contributed by atoms with Gasteiger partial charge in [0.1, 0.15) is 12.4 Å². The highest BCUT2D eigenvalue weighted by atomic mass is 16.5. The van der Waals surface area contributed by atoms with Gasteiger partial charge in [0.15, 0.2) is 0 Å². The van der Waals surface area contributed by atoms with Crippen LogP contribution in [-0.2, 0) is 16.1 Å². The Morgan fingerprint density at radius 1 is 1.29 bits per heavy atom. The van der Waals surface area contributed by atoms with Gasteiger partial charge in [-0.3, -0.25) is 4.79 Å². The third-order valence-electron chi connectivity index (χ3n) is 2.99. The smallest absolute Gasteiger partial charge is 0.221 e. The summed E-state index contributed by atoms with van der Waals surface area (Å²) in [5, 5.41) is 5.86. The minimum atomic E-state index is 0.0326. The molecule has 0 saturated heterocycles. The highest BCUT2D eigenvalue weighted by molar-refractivity contribution is 5.76. The second kappa shape index (κ2) is 10.2. The number of ether oxygens (including phenoxy) is 2. The topological polar surface area (TPSA) is 59.6 Å². The summed E-state index contributed by atoms with van der Waals surface area (Å²) >= 11 is 0. The number of nitrogens with one attached hydrogen (secondary N) is 2. The normalized spacial score (nSPS) is 10.4. The third-order valence-corrected chi connectivity index (χ3v) is 2.99. The molecule has 1 aromatic rings. The van der Waals surface area contributed by atoms with Crippen LogP contribution in [0.5, 0.6) is 5.75 Å². The monoisotopic (exact) mass is 294 g/mol. The highest BCUT2D eigenvalue weighted by Gasteiger charge is 2.06. The molecule has 0 fully saturated rings. The van der Waals surface area contributed by atoms with E-state index in [0.29, 0.717) is 39.3 Å². The van der Waals surface area contributed by atoms with Crippen molar-refractivity contribution in [2.45, 2.75) is 26.8 Å². The van der Waals surface area contributed by atoms with Crippen molar-refractivity contribution in [2.75, 3.05) is 33.4 Å². The van der Waals surface area contributed by atoms with Crippen molar-refractivity contribution in [2.24, 2.45) is 0 Å². The fourth-order valence-electron chi connectivity index (χ4n) is 1.82. The molecule has 1 amide bonds. The van der Waals surface area contributed by atoms with Gasteiger partial charge in [-0.1, -0.05) is 12.1 Å². The molecule has 0 unspecified atom stereocenters. The maximum Gasteiger partial charge on any atom is 0.221 e. The molecule has 5 nitrogen and oxygen atoms in total. The Labute approximate surface area is 127 Å². The first kappa shape index (κ1) is 17.5. The van der Waals surface area contributed by atoms with Crippen molar-refractivity contribution in [3.05, 3.63) is 29.3 Å². The van der Waals surface area contributed by atoms with Gasteiger partial charge in [-0.15, -0.1) is 0 Å². The summed E-state index contributed by atoms with van der Waals surface area (Å²) in [5.74, 6) is 0.841. The fraction of sp³-hybridized carbons (Fsp3) is 0.562. The minimum absolute atomic E-state index is 0.0326. The molecule has 0 heterocycles. The maximum absolute atomic E-state index is 11.6. The summed E-state index contributed by atoms with van der Waals surface area (Å²) < 4.78 is 11.0. The largest absolute Gasteiger partial charge is 0.491 e. The molecular weight excluding hydrogens is 268 g/mol. The zero-order valence-corrected chi connectivity index (χ0v) is 13.2. The minimum Gasteiger partial charge on any atom is -0.491 e. The molecule has 0 spiro atoms. The van der Waals surface area contributed by atoms with E-state index in [1.165, 1.54) is 0 Å². The number of carbonyl (C=O) groups excluding carboxylic acids is 1. The van der Waals surface area contributed by atoms with Crippen molar-refractivity contribution in [3.63, 3.8) is 0 Å². The zero-order valence-electron chi connectivity index (χ0n) is 13.2. The number of benzene rings is 1. The molecule has 0 bridgehead atoms. The first-order valence-corrected chi connectivity index (χ1v) is 7.38.